The number of primary amides is 1. The summed E-state index contributed by atoms with van der Waals surface area (Å²) in [4.78, 5) is 26.1. The van der Waals surface area contributed by atoms with Gasteiger partial charge in [-0.25, -0.2) is 5.06 Å². The summed E-state index contributed by atoms with van der Waals surface area (Å²) in [5.74, 6) is -0.974. The number of phenolic OH excluding ortho intramolecular Hbond substituents is 1. The van der Waals surface area contributed by atoms with Crippen LogP contribution in [-0.2, 0) is 16.1 Å². The predicted molar refractivity (Wildman–Crippen MR) is 107 cm³/mol. The van der Waals surface area contributed by atoms with Gasteiger partial charge in [-0.05, 0) is 59.4 Å². The predicted octanol–water partition coefficient (Wildman–Crippen LogP) is 0.257. The topological polar surface area (TPSA) is 159 Å². The van der Waals surface area contributed by atoms with E-state index in [9.17, 15) is 19.9 Å². The summed E-state index contributed by atoms with van der Waals surface area (Å²) in [6.07, 6.45) is 2.12. The zero-order valence-corrected chi connectivity index (χ0v) is 17.2. The Balaban J connectivity index is 2.04. The molecular formula is C18H28BrN5O4. The first-order valence-electron chi connectivity index (χ1n) is 9.23. The minimum absolute atomic E-state index is 0.116. The largest absolute Gasteiger partial charge is 0.507 e. The van der Waals surface area contributed by atoms with Gasteiger partial charge in [0.15, 0.2) is 0 Å². The Kier molecular flexibility index (Phi) is 8.20. The van der Waals surface area contributed by atoms with E-state index in [1.165, 1.54) is 0 Å². The van der Waals surface area contributed by atoms with Gasteiger partial charge in [0.1, 0.15) is 5.75 Å². The van der Waals surface area contributed by atoms with Crippen molar-refractivity contribution >= 4 is 27.7 Å². The molecule has 0 saturated carbocycles. The van der Waals surface area contributed by atoms with Crippen LogP contribution in [0.5, 0.6) is 5.75 Å². The number of hydrogen-bond acceptors (Lipinski definition) is 7. The van der Waals surface area contributed by atoms with Gasteiger partial charge < -0.3 is 22.3 Å². The number of benzene rings is 1. The van der Waals surface area contributed by atoms with Gasteiger partial charge in [0.05, 0.1) is 22.6 Å². The average Bonchev–Trinajstić information content (AvgIpc) is 3.07. The maximum atomic E-state index is 12.4. The third-order valence-corrected chi connectivity index (χ3v) is 5.60. The van der Waals surface area contributed by atoms with Gasteiger partial charge in [-0.15, -0.1) is 0 Å². The van der Waals surface area contributed by atoms with Crippen LogP contribution in [0.4, 0.5) is 0 Å². The number of carbonyl (C=O) groups is 2. The molecule has 1 aliphatic rings. The van der Waals surface area contributed by atoms with Crippen LogP contribution >= 0.6 is 15.9 Å². The van der Waals surface area contributed by atoms with Crippen molar-refractivity contribution < 1.29 is 19.9 Å². The lowest BCUT2D eigenvalue weighted by atomic mass is 10.1. The number of nitrogens with two attached hydrogens (primary N) is 3. The van der Waals surface area contributed by atoms with Gasteiger partial charge in [0.25, 0.3) is 5.91 Å². The molecule has 1 heterocycles. The molecule has 3 atom stereocenters. The number of phenols is 1. The Labute approximate surface area is 172 Å². The van der Waals surface area contributed by atoms with E-state index in [1.54, 1.807) is 18.2 Å². The fourth-order valence-corrected chi connectivity index (χ4v) is 3.82. The van der Waals surface area contributed by atoms with E-state index in [0.29, 0.717) is 35.5 Å². The van der Waals surface area contributed by atoms with Crippen molar-refractivity contribution in [2.24, 2.45) is 17.2 Å². The molecule has 0 spiro atoms. The number of hydroxylamine groups is 2. The molecule has 2 amide bonds. The molecule has 1 fully saturated rings. The Hall–Kier alpha value is -1.72. The lowest BCUT2D eigenvalue weighted by Crippen LogP contribution is -2.47. The third kappa shape index (κ3) is 5.65. The number of carbonyl (C=O) groups excluding carboxylic acids is 2. The van der Waals surface area contributed by atoms with Crippen molar-refractivity contribution in [2.45, 2.75) is 50.4 Å². The van der Waals surface area contributed by atoms with Crippen molar-refractivity contribution in [1.82, 2.24) is 9.96 Å². The van der Waals surface area contributed by atoms with E-state index in [4.69, 9.17) is 17.2 Å². The van der Waals surface area contributed by atoms with Gasteiger partial charge in [0.2, 0.25) is 5.91 Å². The molecule has 0 unspecified atom stereocenters. The fourth-order valence-electron chi connectivity index (χ4n) is 3.39. The summed E-state index contributed by atoms with van der Waals surface area (Å²) in [5.41, 5.74) is 17.7. The van der Waals surface area contributed by atoms with Crippen LogP contribution in [0.15, 0.2) is 22.7 Å². The fraction of sp³-hybridized carbons (Fsp3) is 0.556. The van der Waals surface area contributed by atoms with Crippen molar-refractivity contribution in [3.63, 3.8) is 0 Å². The smallest absolute Gasteiger partial charge is 0.263 e. The summed E-state index contributed by atoms with van der Waals surface area (Å²) in [6, 6.07) is 3.02. The summed E-state index contributed by atoms with van der Waals surface area (Å²) in [5, 5.41) is 20.6. The lowest BCUT2D eigenvalue weighted by Gasteiger charge is -2.25. The summed E-state index contributed by atoms with van der Waals surface area (Å²) in [7, 11) is 0. The maximum absolute atomic E-state index is 12.4. The second-order valence-electron chi connectivity index (χ2n) is 7.10. The van der Waals surface area contributed by atoms with Gasteiger partial charge >= 0.3 is 0 Å². The van der Waals surface area contributed by atoms with Crippen LogP contribution in [0.1, 0.15) is 31.2 Å². The summed E-state index contributed by atoms with van der Waals surface area (Å²) < 4.78 is 0.541. The van der Waals surface area contributed by atoms with Crippen molar-refractivity contribution in [2.75, 3.05) is 13.1 Å². The van der Waals surface area contributed by atoms with Crippen LogP contribution in [0.3, 0.4) is 0 Å². The molecular weight excluding hydrogens is 430 g/mol. The molecule has 9 nitrogen and oxygen atoms in total. The minimum Gasteiger partial charge on any atom is -0.507 e. The van der Waals surface area contributed by atoms with E-state index in [0.717, 1.165) is 12.0 Å². The molecule has 0 aromatic heterocycles. The van der Waals surface area contributed by atoms with Crippen LogP contribution in [0.2, 0.25) is 0 Å². The van der Waals surface area contributed by atoms with Crippen LogP contribution in [-0.4, -0.2) is 63.3 Å². The third-order valence-electron chi connectivity index (χ3n) is 4.97. The highest BCUT2D eigenvalue weighted by Crippen LogP contribution is 2.28. The normalized spacial score (nSPS) is 20.9. The van der Waals surface area contributed by atoms with E-state index in [1.807, 2.05) is 4.90 Å². The zero-order chi connectivity index (χ0) is 20.8. The van der Waals surface area contributed by atoms with Crippen LogP contribution in [0, 0.1) is 0 Å². The Morgan fingerprint density at radius 3 is 2.68 bits per heavy atom. The first-order chi connectivity index (χ1) is 13.2. The summed E-state index contributed by atoms with van der Waals surface area (Å²) >= 11 is 3.26. The molecule has 1 aliphatic heterocycles. The number of amides is 2. The van der Waals surface area contributed by atoms with E-state index in [-0.39, 0.29) is 18.7 Å². The molecule has 0 radical (unpaired) electrons. The van der Waals surface area contributed by atoms with Gasteiger partial charge in [-0.1, -0.05) is 12.5 Å². The van der Waals surface area contributed by atoms with Gasteiger partial charge in [-0.2, -0.15) is 0 Å². The molecule has 0 bridgehead atoms. The molecule has 156 valence electrons. The van der Waals surface area contributed by atoms with Gasteiger partial charge in [-0.3, -0.25) is 19.7 Å². The number of nitrogens with zero attached hydrogens (tertiary/aromatic N) is 2. The molecule has 1 aromatic carbocycles. The highest BCUT2D eigenvalue weighted by molar-refractivity contribution is 9.10. The van der Waals surface area contributed by atoms with Crippen molar-refractivity contribution in [3.8, 4) is 5.75 Å². The molecule has 1 aromatic rings. The molecule has 10 heteroatoms. The molecule has 1 saturated heterocycles. The Morgan fingerprint density at radius 2 is 2.07 bits per heavy atom. The molecule has 8 N–H and O–H groups in total. The number of aromatic hydroxyl groups is 1. The molecule has 2 rings (SSSR count). The van der Waals surface area contributed by atoms with Crippen LogP contribution in [0.25, 0.3) is 0 Å². The van der Waals surface area contributed by atoms with Gasteiger partial charge in [0, 0.05) is 13.1 Å². The Morgan fingerprint density at radius 1 is 1.36 bits per heavy atom. The SMILES string of the molecule is NCCCC[C@H](N)C(=O)N(O)[C@H]1C[C@@H](C(N)=O)N(Cc2ccc(O)c(Br)c2)C1. The lowest BCUT2D eigenvalue weighted by molar-refractivity contribution is -0.176. The van der Waals surface area contributed by atoms with Crippen LogP contribution < -0.4 is 17.2 Å². The first-order valence-corrected chi connectivity index (χ1v) is 10.0. The highest BCUT2D eigenvalue weighted by atomic mass is 79.9. The monoisotopic (exact) mass is 457 g/mol. The summed E-state index contributed by atoms with van der Waals surface area (Å²) in [6.45, 7) is 1.19. The highest BCUT2D eigenvalue weighted by Gasteiger charge is 2.40. The van der Waals surface area contributed by atoms with E-state index in [2.05, 4.69) is 15.9 Å². The van der Waals surface area contributed by atoms with E-state index >= 15 is 0 Å². The zero-order valence-electron chi connectivity index (χ0n) is 15.6. The van der Waals surface area contributed by atoms with Crippen molar-refractivity contribution in [3.05, 3.63) is 28.2 Å². The molecule has 0 aliphatic carbocycles. The second-order valence-corrected chi connectivity index (χ2v) is 7.95. The van der Waals surface area contributed by atoms with Crippen molar-refractivity contribution in [1.29, 1.82) is 0 Å². The molecule has 28 heavy (non-hydrogen) atoms. The number of halogens is 1. The first kappa shape index (κ1) is 22.6. The number of likely N-dealkylation sites (tertiary alicyclic amines) is 1. The maximum Gasteiger partial charge on any atom is 0.263 e. The number of hydrogen-bond donors (Lipinski definition) is 5. The quantitative estimate of drug-likeness (QED) is 0.202. The Bertz CT molecular complexity index is 705. The second kappa shape index (κ2) is 10.2. The minimum atomic E-state index is -0.814. The number of rotatable bonds is 9. The van der Waals surface area contributed by atoms with E-state index < -0.39 is 29.9 Å². The number of unbranched alkanes of at least 4 members (excludes halogenated alkanes) is 1. The standard InChI is InChI=1S/C18H28BrN5O4/c19-13-7-11(4-5-16(13)25)9-23-10-12(8-15(23)17(22)26)24(28)18(27)14(21)3-1-2-6-20/h4-5,7,12,14-15,25,28H,1-3,6,8-10,20-21H2,(H2,22,26)/t12-,14-,15-/m0/s1. The average molecular weight is 458 g/mol.